The van der Waals surface area contributed by atoms with E-state index in [4.69, 9.17) is 11.5 Å². The summed E-state index contributed by atoms with van der Waals surface area (Å²) in [5.41, 5.74) is 13.4. The second kappa shape index (κ2) is 6.89. The van der Waals surface area contributed by atoms with Crippen LogP contribution >= 0.6 is 0 Å². The zero-order valence-corrected chi connectivity index (χ0v) is 11.8. The number of nitrogens with two attached hydrogens (primary N) is 2. The highest BCUT2D eigenvalue weighted by molar-refractivity contribution is 6.00. The molecule has 0 aliphatic heterocycles. The van der Waals surface area contributed by atoms with Crippen LogP contribution in [-0.4, -0.2) is 21.1 Å². The summed E-state index contributed by atoms with van der Waals surface area (Å²) in [6.45, 7) is 3.58. The average molecular weight is 296 g/mol. The minimum atomic E-state index is -0.387. The monoisotopic (exact) mass is 296 g/mol. The van der Waals surface area contributed by atoms with Gasteiger partial charge < -0.3 is 16.8 Å². The van der Waals surface area contributed by atoms with E-state index in [0.717, 1.165) is 11.1 Å². The number of nitrogen functional groups attached to an aromatic ring is 1. The Morgan fingerprint density at radius 1 is 1.36 bits per heavy atom. The van der Waals surface area contributed by atoms with Gasteiger partial charge in [-0.2, -0.15) is 5.10 Å². The molecule has 2 rings (SSSR count). The topological polar surface area (TPSA) is 123 Å². The summed E-state index contributed by atoms with van der Waals surface area (Å²) >= 11 is 0. The first kappa shape index (κ1) is 15.0. The van der Waals surface area contributed by atoms with Crippen molar-refractivity contribution in [3.63, 3.8) is 0 Å². The van der Waals surface area contributed by atoms with E-state index in [-0.39, 0.29) is 17.3 Å². The van der Waals surface area contributed by atoms with Crippen LogP contribution in [0.1, 0.15) is 10.4 Å². The number of carbonyl (C=O) groups is 1. The van der Waals surface area contributed by atoms with Gasteiger partial charge in [0.2, 0.25) is 0 Å². The first-order valence-corrected chi connectivity index (χ1v) is 6.42. The molecule has 0 unspecified atom stereocenters. The minimum Gasteiger partial charge on any atom is -0.405 e. The molecule has 0 saturated carbocycles. The van der Waals surface area contributed by atoms with Crippen LogP contribution in [0.15, 0.2) is 61.4 Å². The van der Waals surface area contributed by atoms with E-state index in [9.17, 15) is 4.79 Å². The molecule has 112 valence electrons. The van der Waals surface area contributed by atoms with Gasteiger partial charge in [0.25, 0.3) is 5.91 Å². The molecule has 0 saturated heterocycles. The predicted octanol–water partition coefficient (Wildman–Crippen LogP) is 1.33. The SMILES string of the molecule is C=C/C=C(\C=C/N)NC(=O)c1cc(-c2cn[nH]c2)cnc1N. The van der Waals surface area contributed by atoms with Crippen molar-refractivity contribution in [3.8, 4) is 11.1 Å². The van der Waals surface area contributed by atoms with Gasteiger partial charge in [-0.1, -0.05) is 12.7 Å². The third-order valence-electron chi connectivity index (χ3n) is 2.83. The number of nitrogens with one attached hydrogen (secondary N) is 2. The fourth-order valence-electron chi connectivity index (χ4n) is 1.79. The van der Waals surface area contributed by atoms with Gasteiger partial charge in [-0.3, -0.25) is 9.89 Å². The largest absolute Gasteiger partial charge is 0.405 e. The Balaban J connectivity index is 2.31. The molecule has 2 heterocycles. The third kappa shape index (κ3) is 3.40. The summed E-state index contributed by atoms with van der Waals surface area (Å²) in [6, 6.07) is 1.65. The van der Waals surface area contributed by atoms with E-state index < -0.39 is 0 Å². The lowest BCUT2D eigenvalue weighted by molar-refractivity contribution is 0.0968. The van der Waals surface area contributed by atoms with Crippen LogP contribution in [0.25, 0.3) is 11.1 Å². The van der Waals surface area contributed by atoms with Crippen molar-refractivity contribution in [2.24, 2.45) is 5.73 Å². The first-order valence-electron chi connectivity index (χ1n) is 6.42. The van der Waals surface area contributed by atoms with Crippen molar-refractivity contribution in [2.75, 3.05) is 5.73 Å². The lowest BCUT2D eigenvalue weighted by Gasteiger charge is -2.09. The van der Waals surface area contributed by atoms with Crippen LogP contribution in [0.4, 0.5) is 5.82 Å². The van der Waals surface area contributed by atoms with Gasteiger partial charge in [0.05, 0.1) is 11.8 Å². The standard InChI is InChI=1S/C15H16N6O/c1-2-3-12(4-5-16)21-15(22)13-6-10(7-18-14(13)17)11-8-19-20-9-11/h2-9H,1,16H2,(H2,17,18)(H,19,20)(H,21,22)/b5-4-,12-3+. The maximum Gasteiger partial charge on any atom is 0.259 e. The maximum atomic E-state index is 12.3. The summed E-state index contributed by atoms with van der Waals surface area (Å²) in [4.78, 5) is 16.4. The van der Waals surface area contributed by atoms with Crippen molar-refractivity contribution in [1.29, 1.82) is 0 Å². The Kier molecular flexibility index (Phi) is 4.71. The number of hydrogen-bond acceptors (Lipinski definition) is 5. The molecule has 0 aromatic carbocycles. The quantitative estimate of drug-likeness (QED) is 0.620. The van der Waals surface area contributed by atoms with Crippen LogP contribution < -0.4 is 16.8 Å². The van der Waals surface area contributed by atoms with Gasteiger partial charge in [0, 0.05) is 29.2 Å². The second-order valence-electron chi connectivity index (χ2n) is 4.31. The molecule has 0 bridgehead atoms. The third-order valence-corrected chi connectivity index (χ3v) is 2.83. The molecule has 0 atom stereocenters. The molecule has 0 fully saturated rings. The zero-order valence-electron chi connectivity index (χ0n) is 11.8. The van der Waals surface area contributed by atoms with Crippen molar-refractivity contribution in [3.05, 3.63) is 66.9 Å². The number of aromatic amines is 1. The summed E-state index contributed by atoms with van der Waals surface area (Å²) in [5, 5.41) is 9.26. The van der Waals surface area contributed by atoms with E-state index in [1.807, 2.05) is 0 Å². The highest BCUT2D eigenvalue weighted by Gasteiger charge is 2.13. The van der Waals surface area contributed by atoms with Gasteiger partial charge in [0.1, 0.15) is 5.82 Å². The van der Waals surface area contributed by atoms with E-state index in [1.54, 1.807) is 42.9 Å². The molecule has 0 aliphatic carbocycles. The molecular formula is C15H16N6O. The molecule has 6 N–H and O–H groups in total. The highest BCUT2D eigenvalue weighted by atomic mass is 16.1. The number of pyridine rings is 1. The van der Waals surface area contributed by atoms with Crippen molar-refractivity contribution in [2.45, 2.75) is 0 Å². The number of hydrogen-bond donors (Lipinski definition) is 4. The molecule has 1 amide bonds. The maximum absolute atomic E-state index is 12.3. The first-order chi connectivity index (χ1) is 10.7. The summed E-state index contributed by atoms with van der Waals surface area (Å²) in [7, 11) is 0. The Morgan fingerprint density at radius 3 is 2.82 bits per heavy atom. The molecule has 0 spiro atoms. The summed E-state index contributed by atoms with van der Waals surface area (Å²) in [6.07, 6.45) is 10.9. The number of aromatic nitrogens is 3. The molecule has 2 aromatic rings. The van der Waals surface area contributed by atoms with Crippen LogP contribution in [0.2, 0.25) is 0 Å². The number of amides is 1. The van der Waals surface area contributed by atoms with E-state index in [0.29, 0.717) is 5.70 Å². The molecule has 22 heavy (non-hydrogen) atoms. The van der Waals surface area contributed by atoms with Gasteiger partial charge in [-0.15, -0.1) is 0 Å². The van der Waals surface area contributed by atoms with Crippen LogP contribution in [0.3, 0.4) is 0 Å². The van der Waals surface area contributed by atoms with E-state index in [2.05, 4.69) is 27.1 Å². The Labute approximate surface area is 127 Å². The van der Waals surface area contributed by atoms with Crippen LogP contribution in [-0.2, 0) is 0 Å². The van der Waals surface area contributed by atoms with Crippen molar-refractivity contribution >= 4 is 11.7 Å². The smallest absolute Gasteiger partial charge is 0.259 e. The van der Waals surface area contributed by atoms with Gasteiger partial charge in [-0.25, -0.2) is 4.98 Å². The molecule has 0 radical (unpaired) electrons. The Morgan fingerprint density at radius 2 is 2.18 bits per heavy atom. The number of rotatable bonds is 5. The van der Waals surface area contributed by atoms with E-state index in [1.165, 1.54) is 6.20 Å². The zero-order chi connectivity index (χ0) is 15.9. The molecule has 7 heteroatoms. The fourth-order valence-corrected chi connectivity index (χ4v) is 1.79. The second-order valence-corrected chi connectivity index (χ2v) is 4.31. The fraction of sp³-hybridized carbons (Fsp3) is 0. The van der Waals surface area contributed by atoms with Crippen molar-refractivity contribution in [1.82, 2.24) is 20.5 Å². The van der Waals surface area contributed by atoms with Crippen LogP contribution in [0, 0.1) is 0 Å². The number of allylic oxidation sites excluding steroid dienone is 3. The summed E-state index contributed by atoms with van der Waals surface area (Å²) < 4.78 is 0. The lowest BCUT2D eigenvalue weighted by atomic mass is 10.1. The van der Waals surface area contributed by atoms with Gasteiger partial charge in [-0.05, 0) is 24.4 Å². The number of nitrogens with zero attached hydrogens (tertiary/aromatic N) is 2. The number of H-pyrrole nitrogens is 1. The molecule has 2 aromatic heterocycles. The Hall–Kier alpha value is -3.35. The molecular weight excluding hydrogens is 280 g/mol. The Bertz CT molecular complexity index is 730. The molecule has 7 nitrogen and oxygen atoms in total. The predicted molar refractivity (Wildman–Crippen MR) is 85.3 cm³/mol. The average Bonchev–Trinajstić information content (AvgIpc) is 3.02. The van der Waals surface area contributed by atoms with E-state index >= 15 is 0 Å². The number of anilines is 1. The van der Waals surface area contributed by atoms with Gasteiger partial charge in [0.15, 0.2) is 0 Å². The highest BCUT2D eigenvalue weighted by Crippen LogP contribution is 2.21. The lowest BCUT2D eigenvalue weighted by Crippen LogP contribution is -2.23. The normalized spacial score (nSPS) is 11.5. The van der Waals surface area contributed by atoms with Crippen LogP contribution in [0.5, 0.6) is 0 Å². The van der Waals surface area contributed by atoms with Crippen molar-refractivity contribution < 1.29 is 4.79 Å². The minimum absolute atomic E-state index is 0.138. The van der Waals surface area contributed by atoms with Gasteiger partial charge >= 0.3 is 0 Å². The number of carbonyl (C=O) groups excluding carboxylic acids is 1. The summed E-state index contributed by atoms with van der Waals surface area (Å²) in [5.74, 6) is -0.249. The molecule has 0 aliphatic rings.